The molecule has 0 atom stereocenters. The number of benzene rings is 1. The fraction of sp³-hybridized carbons (Fsp3) is 0.556. The lowest BCUT2D eigenvalue weighted by Gasteiger charge is -2.36. The minimum Gasteiger partial charge on any atom is -0.368 e. The molecule has 2 heterocycles. The van der Waals surface area contributed by atoms with Crippen LogP contribution >= 0.6 is 11.6 Å². The van der Waals surface area contributed by atoms with Crippen molar-refractivity contribution >= 4 is 29.2 Å². The van der Waals surface area contributed by atoms with Gasteiger partial charge in [0.25, 0.3) is 0 Å². The number of hydrogen-bond donors (Lipinski definition) is 1. The molecule has 136 valence electrons. The molecule has 0 unspecified atom stereocenters. The summed E-state index contributed by atoms with van der Waals surface area (Å²) in [5.74, 6) is 0.974. The molecule has 1 N–H and O–H groups in total. The molecule has 2 aliphatic rings. The van der Waals surface area contributed by atoms with Crippen molar-refractivity contribution in [1.29, 1.82) is 0 Å². The number of rotatable bonds is 3. The van der Waals surface area contributed by atoms with E-state index < -0.39 is 0 Å². The van der Waals surface area contributed by atoms with Crippen molar-refractivity contribution in [3.8, 4) is 0 Å². The standard InChI is InChI=1S/C18H26ClN5O/c1-20-18(24-8-2-3-9-24)21-14-17(25)23-12-10-22(11-13-23)16-6-4-15(19)5-7-16/h4-7H,2-3,8-14H2,1H3,(H,20,21). The number of carbonyl (C=O) groups is 1. The highest BCUT2D eigenvalue weighted by molar-refractivity contribution is 6.30. The summed E-state index contributed by atoms with van der Waals surface area (Å²) in [6.45, 7) is 5.52. The van der Waals surface area contributed by atoms with Crippen LogP contribution in [0.5, 0.6) is 0 Å². The molecule has 7 heteroatoms. The van der Waals surface area contributed by atoms with Gasteiger partial charge in [0.15, 0.2) is 5.96 Å². The largest absolute Gasteiger partial charge is 0.368 e. The van der Waals surface area contributed by atoms with Crippen LogP contribution in [-0.2, 0) is 4.79 Å². The number of piperazine rings is 1. The predicted molar refractivity (Wildman–Crippen MR) is 102 cm³/mol. The third kappa shape index (κ3) is 4.57. The molecule has 2 saturated heterocycles. The van der Waals surface area contributed by atoms with Gasteiger partial charge >= 0.3 is 0 Å². The second-order valence-corrected chi connectivity index (χ2v) is 6.88. The molecular formula is C18H26ClN5O. The normalized spacial score (nSPS) is 18.6. The third-order valence-electron chi connectivity index (χ3n) is 4.84. The Hall–Kier alpha value is -1.95. The number of carbonyl (C=O) groups excluding carboxylic acids is 1. The van der Waals surface area contributed by atoms with Gasteiger partial charge in [0.1, 0.15) is 0 Å². The second kappa shape index (κ2) is 8.43. The molecular weight excluding hydrogens is 338 g/mol. The summed E-state index contributed by atoms with van der Waals surface area (Å²) in [7, 11) is 1.77. The van der Waals surface area contributed by atoms with Crippen molar-refractivity contribution in [3.05, 3.63) is 29.3 Å². The van der Waals surface area contributed by atoms with Gasteiger partial charge in [-0.2, -0.15) is 0 Å². The number of nitrogens with zero attached hydrogens (tertiary/aromatic N) is 4. The van der Waals surface area contributed by atoms with Crippen molar-refractivity contribution in [2.24, 2.45) is 4.99 Å². The monoisotopic (exact) mass is 363 g/mol. The summed E-state index contributed by atoms with van der Waals surface area (Å²) >= 11 is 5.94. The van der Waals surface area contributed by atoms with Gasteiger partial charge in [-0.3, -0.25) is 9.79 Å². The maximum atomic E-state index is 12.5. The molecule has 0 spiro atoms. The summed E-state index contributed by atoms with van der Waals surface area (Å²) in [6, 6.07) is 7.87. The van der Waals surface area contributed by atoms with Crippen LogP contribution in [0.1, 0.15) is 12.8 Å². The van der Waals surface area contributed by atoms with Gasteiger partial charge < -0.3 is 20.0 Å². The first-order chi connectivity index (χ1) is 12.2. The highest BCUT2D eigenvalue weighted by Crippen LogP contribution is 2.19. The zero-order chi connectivity index (χ0) is 17.6. The van der Waals surface area contributed by atoms with Gasteiger partial charge in [0.05, 0.1) is 6.54 Å². The predicted octanol–water partition coefficient (Wildman–Crippen LogP) is 1.66. The topological polar surface area (TPSA) is 51.2 Å². The molecule has 25 heavy (non-hydrogen) atoms. The number of halogens is 1. The molecule has 0 aromatic heterocycles. The number of hydrogen-bond acceptors (Lipinski definition) is 3. The lowest BCUT2D eigenvalue weighted by molar-refractivity contribution is -0.130. The first kappa shape index (κ1) is 17.9. The summed E-state index contributed by atoms with van der Waals surface area (Å²) in [4.78, 5) is 23.2. The van der Waals surface area contributed by atoms with E-state index in [1.54, 1.807) is 7.05 Å². The number of amides is 1. The van der Waals surface area contributed by atoms with Gasteiger partial charge in [-0.1, -0.05) is 11.6 Å². The Bertz CT molecular complexity index is 604. The van der Waals surface area contributed by atoms with Crippen molar-refractivity contribution in [3.63, 3.8) is 0 Å². The maximum absolute atomic E-state index is 12.5. The first-order valence-corrected chi connectivity index (χ1v) is 9.29. The van der Waals surface area contributed by atoms with Gasteiger partial charge in [-0.25, -0.2) is 0 Å². The summed E-state index contributed by atoms with van der Waals surface area (Å²) in [5.41, 5.74) is 1.16. The van der Waals surface area contributed by atoms with Crippen molar-refractivity contribution < 1.29 is 4.79 Å². The van der Waals surface area contributed by atoms with E-state index in [9.17, 15) is 4.79 Å². The van der Waals surface area contributed by atoms with Gasteiger partial charge in [0.2, 0.25) is 5.91 Å². The Labute approximate surface area is 154 Å². The van der Waals surface area contributed by atoms with Gasteiger partial charge in [-0.05, 0) is 37.1 Å². The fourth-order valence-corrected chi connectivity index (χ4v) is 3.52. The quantitative estimate of drug-likeness (QED) is 0.655. The average Bonchev–Trinajstić information content (AvgIpc) is 3.17. The highest BCUT2D eigenvalue weighted by atomic mass is 35.5. The lowest BCUT2D eigenvalue weighted by atomic mass is 10.2. The summed E-state index contributed by atoms with van der Waals surface area (Å²) < 4.78 is 0. The number of likely N-dealkylation sites (tertiary alicyclic amines) is 1. The van der Waals surface area contributed by atoms with E-state index in [4.69, 9.17) is 11.6 Å². The zero-order valence-electron chi connectivity index (χ0n) is 14.7. The number of nitrogens with one attached hydrogen (secondary N) is 1. The van der Waals surface area contributed by atoms with E-state index in [0.717, 1.165) is 55.9 Å². The van der Waals surface area contributed by atoms with E-state index in [1.165, 1.54) is 12.8 Å². The molecule has 0 aliphatic carbocycles. The Morgan fingerprint density at radius 2 is 1.68 bits per heavy atom. The fourth-order valence-electron chi connectivity index (χ4n) is 3.39. The average molecular weight is 364 g/mol. The van der Waals surface area contributed by atoms with Crippen LogP contribution in [0.15, 0.2) is 29.3 Å². The van der Waals surface area contributed by atoms with Crippen molar-refractivity contribution in [2.75, 3.05) is 57.8 Å². The molecule has 0 radical (unpaired) electrons. The minimum absolute atomic E-state index is 0.135. The Kier molecular flexibility index (Phi) is 6.02. The van der Waals surface area contributed by atoms with E-state index in [0.29, 0.717) is 6.54 Å². The minimum atomic E-state index is 0.135. The summed E-state index contributed by atoms with van der Waals surface area (Å²) in [6.07, 6.45) is 2.39. The van der Waals surface area contributed by atoms with E-state index in [-0.39, 0.29) is 5.91 Å². The second-order valence-electron chi connectivity index (χ2n) is 6.44. The van der Waals surface area contributed by atoms with E-state index >= 15 is 0 Å². The first-order valence-electron chi connectivity index (χ1n) is 8.91. The van der Waals surface area contributed by atoms with Crippen LogP contribution in [0.3, 0.4) is 0 Å². The summed E-state index contributed by atoms with van der Waals surface area (Å²) in [5, 5.41) is 3.96. The molecule has 0 saturated carbocycles. The number of anilines is 1. The van der Waals surface area contributed by atoms with Crippen molar-refractivity contribution in [1.82, 2.24) is 15.1 Å². The third-order valence-corrected chi connectivity index (χ3v) is 5.09. The molecule has 2 fully saturated rings. The Morgan fingerprint density at radius 1 is 1.04 bits per heavy atom. The molecule has 1 aromatic rings. The Balaban J connectivity index is 1.45. The van der Waals surface area contributed by atoms with Crippen LogP contribution in [0.25, 0.3) is 0 Å². The molecule has 2 aliphatic heterocycles. The molecule has 6 nitrogen and oxygen atoms in total. The van der Waals surface area contributed by atoms with Crippen LogP contribution in [0, 0.1) is 0 Å². The molecule has 3 rings (SSSR count). The number of aliphatic imine (C=N–C) groups is 1. The van der Waals surface area contributed by atoms with Crippen LogP contribution in [0.4, 0.5) is 5.69 Å². The van der Waals surface area contributed by atoms with Crippen LogP contribution in [-0.4, -0.2) is 74.5 Å². The Morgan fingerprint density at radius 3 is 2.28 bits per heavy atom. The smallest absolute Gasteiger partial charge is 0.242 e. The van der Waals surface area contributed by atoms with E-state index in [2.05, 4.69) is 20.1 Å². The molecule has 0 bridgehead atoms. The van der Waals surface area contributed by atoms with Gasteiger partial charge in [-0.15, -0.1) is 0 Å². The highest BCUT2D eigenvalue weighted by Gasteiger charge is 2.22. The number of guanidine groups is 1. The molecule has 1 aromatic carbocycles. The maximum Gasteiger partial charge on any atom is 0.242 e. The van der Waals surface area contributed by atoms with Crippen molar-refractivity contribution in [2.45, 2.75) is 12.8 Å². The van der Waals surface area contributed by atoms with Crippen LogP contribution in [0.2, 0.25) is 5.02 Å². The molecule has 1 amide bonds. The SMILES string of the molecule is CN=C(NCC(=O)N1CCN(c2ccc(Cl)cc2)CC1)N1CCCC1. The lowest BCUT2D eigenvalue weighted by Crippen LogP contribution is -2.52. The zero-order valence-corrected chi connectivity index (χ0v) is 15.5. The van der Waals surface area contributed by atoms with E-state index in [1.807, 2.05) is 29.2 Å². The van der Waals surface area contributed by atoms with Crippen LogP contribution < -0.4 is 10.2 Å². The van der Waals surface area contributed by atoms with Gasteiger partial charge in [0, 0.05) is 57.0 Å².